The fraction of sp³-hybridized carbons (Fsp3) is 0.467. The molecule has 0 heterocycles. The minimum absolute atomic E-state index is 0.172. The zero-order chi connectivity index (χ0) is 21.5. The summed E-state index contributed by atoms with van der Waals surface area (Å²) in [6.45, 7) is -0.0430. The van der Waals surface area contributed by atoms with E-state index in [0.717, 1.165) is 12.2 Å². The summed E-state index contributed by atoms with van der Waals surface area (Å²) in [5, 5.41) is 0.827. The number of carbonyl (C=O) groups excluding carboxylic acids is 2. The van der Waals surface area contributed by atoms with Crippen LogP contribution in [0.5, 0.6) is 0 Å². The normalized spacial score (nSPS) is 14.7. The van der Waals surface area contributed by atoms with Gasteiger partial charge in [-0.25, -0.2) is 5.06 Å². The summed E-state index contributed by atoms with van der Waals surface area (Å²) in [7, 11) is -3.06. The van der Waals surface area contributed by atoms with Gasteiger partial charge in [-0.3, -0.25) is 19.1 Å². The first-order valence-corrected chi connectivity index (χ1v) is 9.45. The molecule has 158 valence electrons. The highest BCUT2D eigenvalue weighted by Crippen LogP contribution is 2.51. The molecule has 1 N–H and O–H groups in total. The van der Waals surface area contributed by atoms with Gasteiger partial charge in [0, 0.05) is 14.2 Å². The molecule has 0 saturated carbocycles. The van der Waals surface area contributed by atoms with Crippen LogP contribution >= 0.6 is 7.60 Å². The molecular weight excluding hydrogens is 408 g/mol. The van der Waals surface area contributed by atoms with E-state index < -0.39 is 38.2 Å². The molecule has 2 unspecified atom stereocenters. The average Bonchev–Trinajstić information content (AvgIpc) is 2.60. The van der Waals surface area contributed by atoms with Crippen LogP contribution in [0.15, 0.2) is 30.3 Å². The number of hydrogen-bond donors (Lipinski definition) is 1. The maximum atomic E-state index is 12.9. The summed E-state index contributed by atoms with van der Waals surface area (Å²) >= 11 is 0. The van der Waals surface area contributed by atoms with Gasteiger partial charge in [0.1, 0.15) is 6.54 Å². The monoisotopic (exact) mass is 428 g/mol. The van der Waals surface area contributed by atoms with Gasteiger partial charge in [0.05, 0.1) is 12.3 Å². The summed E-state index contributed by atoms with van der Waals surface area (Å²) in [4.78, 5) is 33.3. The Morgan fingerprint density at radius 3 is 2.29 bits per heavy atom. The molecule has 1 amide bonds. The highest BCUT2D eigenvalue weighted by molar-refractivity contribution is 7.53. The maximum absolute atomic E-state index is 12.9. The first kappa shape index (κ1) is 23.9. The topological polar surface area (TPSA) is 106 Å². The molecule has 28 heavy (non-hydrogen) atoms. The third kappa shape index (κ3) is 6.48. The predicted octanol–water partition coefficient (Wildman–Crippen LogP) is 2.12. The van der Waals surface area contributed by atoms with E-state index in [1.807, 2.05) is 0 Å². The molecule has 0 aromatic heterocycles. The standard InChI is InChI=1S/C15H20F3N2O7P/c1-4-26-12(21)10-20(13(22)15(16,17)18)14(25-3)28(23,24)27-19(2)11-8-6-5-7-9-11/h5-9,14H,4,10H2,1-3H3,(H,23,24). The molecule has 0 fully saturated rings. The number of benzene rings is 1. The Hall–Kier alpha value is -2.14. The summed E-state index contributed by atoms with van der Waals surface area (Å²) in [5.74, 6) is -6.21. The van der Waals surface area contributed by atoms with Gasteiger partial charge in [-0.05, 0) is 19.1 Å². The maximum Gasteiger partial charge on any atom is 0.471 e. The molecular formula is C15H20F3N2O7P. The number of anilines is 1. The van der Waals surface area contributed by atoms with Crippen LogP contribution in [0.2, 0.25) is 0 Å². The quantitative estimate of drug-likeness (QED) is 0.276. The molecule has 0 aliphatic heterocycles. The fourth-order valence-corrected chi connectivity index (χ4v) is 3.43. The van der Waals surface area contributed by atoms with Crippen molar-refractivity contribution in [2.45, 2.75) is 19.1 Å². The summed E-state index contributed by atoms with van der Waals surface area (Å²) in [5.41, 5.74) is 0.297. The van der Waals surface area contributed by atoms with Gasteiger partial charge in [0.25, 0.3) is 0 Å². The molecule has 9 nitrogen and oxygen atoms in total. The van der Waals surface area contributed by atoms with Crippen LogP contribution in [0.4, 0.5) is 18.9 Å². The minimum Gasteiger partial charge on any atom is -0.465 e. The van der Waals surface area contributed by atoms with Crippen molar-refractivity contribution in [1.82, 2.24) is 4.90 Å². The Morgan fingerprint density at radius 1 is 1.25 bits per heavy atom. The van der Waals surface area contributed by atoms with Crippen LogP contribution in [0, 0.1) is 0 Å². The highest BCUT2D eigenvalue weighted by Gasteiger charge is 2.51. The average molecular weight is 428 g/mol. The molecule has 0 bridgehead atoms. The molecule has 13 heteroatoms. The lowest BCUT2D eigenvalue weighted by atomic mass is 10.3. The van der Waals surface area contributed by atoms with Crippen molar-refractivity contribution in [3.63, 3.8) is 0 Å². The number of para-hydroxylation sites is 1. The van der Waals surface area contributed by atoms with Gasteiger partial charge in [0.15, 0.2) is 0 Å². The Labute approximate surface area is 159 Å². The van der Waals surface area contributed by atoms with Gasteiger partial charge in [-0.1, -0.05) is 18.2 Å². The molecule has 1 rings (SSSR count). The lowest BCUT2D eigenvalue weighted by Crippen LogP contribution is -2.50. The lowest BCUT2D eigenvalue weighted by molar-refractivity contribution is -0.194. The van der Waals surface area contributed by atoms with E-state index in [1.54, 1.807) is 18.2 Å². The third-order valence-corrected chi connectivity index (χ3v) is 4.75. The molecule has 0 radical (unpaired) electrons. The van der Waals surface area contributed by atoms with Crippen molar-refractivity contribution in [3.05, 3.63) is 30.3 Å². The number of nitrogens with zero attached hydrogens (tertiary/aromatic N) is 2. The number of hydroxylamine groups is 1. The van der Waals surface area contributed by atoms with Crippen molar-refractivity contribution in [2.24, 2.45) is 0 Å². The second kappa shape index (κ2) is 9.87. The first-order chi connectivity index (χ1) is 12.9. The molecule has 1 aromatic carbocycles. The van der Waals surface area contributed by atoms with Gasteiger partial charge >= 0.3 is 25.6 Å². The summed E-state index contributed by atoms with van der Waals surface area (Å²) < 4.78 is 65.4. The minimum atomic E-state index is -5.44. The Bertz CT molecular complexity index is 717. The van der Waals surface area contributed by atoms with Gasteiger partial charge < -0.3 is 14.4 Å². The molecule has 0 spiro atoms. The van der Waals surface area contributed by atoms with Crippen molar-refractivity contribution in [3.8, 4) is 0 Å². The van der Waals surface area contributed by atoms with E-state index in [-0.39, 0.29) is 11.5 Å². The van der Waals surface area contributed by atoms with Gasteiger partial charge in [-0.15, -0.1) is 0 Å². The van der Waals surface area contributed by atoms with Gasteiger partial charge in [0.2, 0.25) is 5.97 Å². The van der Waals surface area contributed by atoms with E-state index in [2.05, 4.69) is 9.47 Å². The van der Waals surface area contributed by atoms with Crippen molar-refractivity contribution >= 4 is 25.2 Å². The van der Waals surface area contributed by atoms with Crippen LogP contribution < -0.4 is 5.06 Å². The number of halogens is 3. The number of esters is 1. The number of hydrogen-bond acceptors (Lipinski definition) is 7. The van der Waals surface area contributed by atoms with E-state index in [9.17, 15) is 32.2 Å². The smallest absolute Gasteiger partial charge is 0.465 e. The van der Waals surface area contributed by atoms with Crippen LogP contribution in [0.1, 0.15) is 6.92 Å². The number of ether oxygens (including phenoxy) is 2. The Balaban J connectivity index is 3.17. The number of alkyl halides is 3. The van der Waals surface area contributed by atoms with E-state index in [0.29, 0.717) is 5.69 Å². The zero-order valence-electron chi connectivity index (χ0n) is 15.3. The molecule has 0 aliphatic rings. The van der Waals surface area contributed by atoms with E-state index in [4.69, 9.17) is 4.62 Å². The second-order valence-corrected chi connectivity index (χ2v) is 7.01. The first-order valence-electron chi connectivity index (χ1n) is 7.81. The van der Waals surface area contributed by atoms with Crippen molar-refractivity contribution in [2.75, 3.05) is 32.4 Å². The number of rotatable bonds is 9. The highest BCUT2D eigenvalue weighted by atomic mass is 31.2. The third-order valence-electron chi connectivity index (χ3n) is 3.22. The van der Waals surface area contributed by atoms with Crippen LogP contribution in [-0.4, -0.2) is 61.1 Å². The fourth-order valence-electron chi connectivity index (χ4n) is 2.10. The van der Waals surface area contributed by atoms with E-state index >= 15 is 0 Å². The van der Waals surface area contributed by atoms with Crippen LogP contribution in [-0.2, 0) is 28.3 Å². The number of carbonyl (C=O) groups is 2. The second-order valence-electron chi connectivity index (χ2n) is 5.28. The molecule has 0 aliphatic carbocycles. The van der Waals surface area contributed by atoms with Gasteiger partial charge in [-0.2, -0.15) is 17.8 Å². The summed E-state index contributed by atoms with van der Waals surface area (Å²) in [6.07, 6.45) is -5.44. The Kier molecular flexibility index (Phi) is 8.43. The molecule has 1 aromatic rings. The zero-order valence-corrected chi connectivity index (χ0v) is 16.1. The summed E-state index contributed by atoms with van der Waals surface area (Å²) in [6, 6.07) is 7.84. The van der Waals surface area contributed by atoms with Crippen molar-refractivity contribution < 1.29 is 46.3 Å². The molecule has 2 atom stereocenters. The number of amides is 1. The largest absolute Gasteiger partial charge is 0.471 e. The number of methoxy groups -OCH3 is 1. The van der Waals surface area contributed by atoms with E-state index in [1.165, 1.54) is 26.1 Å². The SMILES string of the molecule is CCOC(=O)CN(C(=O)C(F)(F)F)C(OC)P(=O)(O)ON(C)c1ccccc1. The lowest BCUT2D eigenvalue weighted by Gasteiger charge is -2.33. The molecule has 0 saturated heterocycles. The Morgan fingerprint density at radius 2 is 1.82 bits per heavy atom. The van der Waals surface area contributed by atoms with Crippen LogP contribution in [0.25, 0.3) is 0 Å². The van der Waals surface area contributed by atoms with Crippen molar-refractivity contribution in [1.29, 1.82) is 0 Å². The predicted molar refractivity (Wildman–Crippen MR) is 91.0 cm³/mol. The van der Waals surface area contributed by atoms with Crippen LogP contribution in [0.3, 0.4) is 0 Å².